The Kier molecular flexibility index (Phi) is 4.70. The lowest BCUT2D eigenvalue weighted by Gasteiger charge is -2.11. The normalized spacial score (nSPS) is 10.1. The molecule has 0 amide bonds. The van der Waals surface area contributed by atoms with E-state index in [9.17, 15) is 10.1 Å². The minimum absolute atomic E-state index is 0.0685. The summed E-state index contributed by atoms with van der Waals surface area (Å²) < 4.78 is 0. The van der Waals surface area contributed by atoms with E-state index in [1.807, 2.05) is 61.5 Å². The van der Waals surface area contributed by atoms with Gasteiger partial charge in [0, 0.05) is 5.69 Å². The van der Waals surface area contributed by atoms with Crippen molar-refractivity contribution in [2.45, 2.75) is 6.92 Å². The average molecular weight is 336 g/mol. The molecule has 3 aromatic rings. The molecule has 25 heavy (non-hydrogen) atoms. The van der Waals surface area contributed by atoms with Crippen molar-refractivity contribution in [2.24, 2.45) is 0 Å². The summed E-state index contributed by atoms with van der Waals surface area (Å²) in [4.78, 5) is 19.0. The van der Waals surface area contributed by atoms with Crippen LogP contribution in [-0.2, 0) is 0 Å². The molecule has 0 atom stereocenters. The van der Waals surface area contributed by atoms with Crippen molar-refractivity contribution < 1.29 is 4.92 Å². The second kappa shape index (κ2) is 7.26. The van der Waals surface area contributed by atoms with Gasteiger partial charge in [0.2, 0.25) is 11.6 Å². The van der Waals surface area contributed by atoms with E-state index in [0.717, 1.165) is 11.3 Å². The van der Waals surface area contributed by atoms with Crippen LogP contribution in [0.4, 0.5) is 28.7 Å². The first-order chi connectivity index (χ1) is 12.1. The van der Waals surface area contributed by atoms with E-state index in [1.165, 1.54) is 6.33 Å². The topological polar surface area (TPSA) is 105 Å². The van der Waals surface area contributed by atoms with Crippen LogP contribution in [-0.4, -0.2) is 14.9 Å². The lowest BCUT2D eigenvalue weighted by Crippen LogP contribution is -2.13. The SMILES string of the molecule is Cc1cccc(Nc2ncnc(NNc3ccccc3)c2[N+](=O)[O-])c1. The lowest BCUT2D eigenvalue weighted by molar-refractivity contribution is -0.383. The maximum absolute atomic E-state index is 11.5. The quantitative estimate of drug-likeness (QED) is 0.463. The summed E-state index contributed by atoms with van der Waals surface area (Å²) in [6.07, 6.45) is 1.26. The summed E-state index contributed by atoms with van der Waals surface area (Å²) in [7, 11) is 0. The van der Waals surface area contributed by atoms with Gasteiger partial charge in [0.15, 0.2) is 0 Å². The predicted octanol–water partition coefficient (Wildman–Crippen LogP) is 3.88. The van der Waals surface area contributed by atoms with Crippen LogP contribution in [0.5, 0.6) is 0 Å². The van der Waals surface area contributed by atoms with E-state index < -0.39 is 4.92 Å². The van der Waals surface area contributed by atoms with Crippen molar-refractivity contribution >= 4 is 28.7 Å². The van der Waals surface area contributed by atoms with E-state index in [4.69, 9.17) is 0 Å². The first-order valence-electron chi connectivity index (χ1n) is 7.53. The van der Waals surface area contributed by atoms with E-state index >= 15 is 0 Å². The highest BCUT2D eigenvalue weighted by molar-refractivity contribution is 5.74. The highest BCUT2D eigenvalue weighted by Gasteiger charge is 2.23. The standard InChI is InChI=1S/C17H16N6O2/c1-12-6-5-9-14(10-12)20-16-15(23(24)25)17(19-11-18-16)22-21-13-7-3-2-4-8-13/h2-11,21H,1H3,(H2,18,19,20,22). The van der Waals surface area contributed by atoms with Crippen molar-refractivity contribution in [1.82, 2.24) is 9.97 Å². The number of aromatic nitrogens is 2. The largest absolute Gasteiger partial charge is 0.355 e. The number of aryl methyl sites for hydroxylation is 1. The van der Waals surface area contributed by atoms with E-state index in [0.29, 0.717) is 5.69 Å². The zero-order valence-corrected chi connectivity index (χ0v) is 13.4. The third-order valence-corrected chi connectivity index (χ3v) is 3.38. The summed E-state index contributed by atoms with van der Waals surface area (Å²) >= 11 is 0. The van der Waals surface area contributed by atoms with Gasteiger partial charge in [-0.2, -0.15) is 0 Å². The first-order valence-corrected chi connectivity index (χ1v) is 7.53. The van der Waals surface area contributed by atoms with Gasteiger partial charge in [-0.3, -0.25) is 21.0 Å². The minimum atomic E-state index is -0.521. The Morgan fingerprint density at radius 1 is 0.920 bits per heavy atom. The molecule has 0 saturated heterocycles. The second-order valence-corrected chi connectivity index (χ2v) is 5.29. The van der Waals surface area contributed by atoms with E-state index in [1.54, 1.807) is 0 Å². The molecule has 126 valence electrons. The molecule has 0 radical (unpaired) electrons. The molecular weight excluding hydrogens is 320 g/mol. The number of para-hydroxylation sites is 1. The average Bonchev–Trinajstić information content (AvgIpc) is 2.61. The number of hydrogen-bond donors (Lipinski definition) is 3. The van der Waals surface area contributed by atoms with E-state index in [2.05, 4.69) is 26.1 Å². The monoisotopic (exact) mass is 336 g/mol. The fraction of sp³-hybridized carbons (Fsp3) is 0.0588. The van der Waals surface area contributed by atoms with Crippen molar-refractivity contribution in [3.63, 3.8) is 0 Å². The summed E-state index contributed by atoms with van der Waals surface area (Å²) in [5.74, 6) is 0.182. The van der Waals surface area contributed by atoms with Gasteiger partial charge in [-0.1, -0.05) is 30.3 Å². The van der Waals surface area contributed by atoms with Crippen molar-refractivity contribution in [1.29, 1.82) is 0 Å². The Bertz CT molecular complexity index is 885. The third-order valence-electron chi connectivity index (χ3n) is 3.38. The molecule has 0 fully saturated rings. The van der Waals surface area contributed by atoms with Crippen LogP contribution in [0.15, 0.2) is 60.9 Å². The van der Waals surface area contributed by atoms with Gasteiger partial charge in [-0.25, -0.2) is 9.97 Å². The van der Waals surface area contributed by atoms with Crippen molar-refractivity contribution in [3.05, 3.63) is 76.6 Å². The minimum Gasteiger partial charge on any atom is -0.334 e. The van der Waals surface area contributed by atoms with Gasteiger partial charge in [-0.15, -0.1) is 0 Å². The number of anilines is 4. The molecule has 1 heterocycles. The van der Waals surface area contributed by atoms with Gasteiger partial charge in [0.25, 0.3) is 0 Å². The molecule has 0 spiro atoms. The molecule has 0 aliphatic rings. The Labute approximate surface area is 144 Å². The number of nitrogens with one attached hydrogen (secondary N) is 3. The van der Waals surface area contributed by atoms with E-state index in [-0.39, 0.29) is 17.3 Å². The smallest absolute Gasteiger partial charge is 0.334 e. The molecule has 3 rings (SSSR count). The van der Waals surface area contributed by atoms with Crippen molar-refractivity contribution in [3.8, 4) is 0 Å². The Morgan fingerprint density at radius 2 is 1.64 bits per heavy atom. The van der Waals surface area contributed by atoms with Gasteiger partial charge in [0.1, 0.15) is 6.33 Å². The summed E-state index contributed by atoms with van der Waals surface area (Å²) in [5.41, 5.74) is 7.90. The summed E-state index contributed by atoms with van der Waals surface area (Å²) in [6.45, 7) is 1.94. The maximum atomic E-state index is 11.5. The maximum Gasteiger partial charge on any atom is 0.355 e. The number of hydrazine groups is 1. The molecule has 3 N–H and O–H groups in total. The first kappa shape index (κ1) is 16.2. The van der Waals surface area contributed by atoms with Crippen LogP contribution < -0.4 is 16.2 Å². The fourth-order valence-electron chi connectivity index (χ4n) is 2.25. The molecule has 8 heteroatoms. The summed E-state index contributed by atoms with van der Waals surface area (Å²) in [5, 5.41) is 14.5. The summed E-state index contributed by atoms with van der Waals surface area (Å²) in [6, 6.07) is 16.7. The van der Waals surface area contributed by atoms with Crippen LogP contribution >= 0.6 is 0 Å². The van der Waals surface area contributed by atoms with Crippen LogP contribution in [0.1, 0.15) is 5.56 Å². The number of nitrogens with zero attached hydrogens (tertiary/aromatic N) is 3. The highest BCUT2D eigenvalue weighted by Crippen LogP contribution is 2.31. The Hall–Kier alpha value is -3.68. The lowest BCUT2D eigenvalue weighted by atomic mass is 10.2. The van der Waals surface area contributed by atoms with Crippen LogP contribution in [0, 0.1) is 17.0 Å². The van der Waals surface area contributed by atoms with Gasteiger partial charge in [0.05, 0.1) is 10.6 Å². The van der Waals surface area contributed by atoms with Gasteiger partial charge >= 0.3 is 5.69 Å². The molecule has 0 aliphatic carbocycles. The molecule has 2 aromatic carbocycles. The number of benzene rings is 2. The van der Waals surface area contributed by atoms with Crippen LogP contribution in [0.2, 0.25) is 0 Å². The number of nitro groups is 1. The van der Waals surface area contributed by atoms with Crippen molar-refractivity contribution in [2.75, 3.05) is 16.2 Å². The van der Waals surface area contributed by atoms with Crippen LogP contribution in [0.25, 0.3) is 0 Å². The Balaban J connectivity index is 1.87. The zero-order chi connectivity index (χ0) is 17.6. The molecule has 0 aliphatic heterocycles. The third kappa shape index (κ3) is 3.99. The van der Waals surface area contributed by atoms with Crippen LogP contribution in [0.3, 0.4) is 0 Å². The second-order valence-electron chi connectivity index (χ2n) is 5.29. The molecule has 0 bridgehead atoms. The van der Waals surface area contributed by atoms with Gasteiger partial charge < -0.3 is 5.32 Å². The number of hydrogen-bond acceptors (Lipinski definition) is 7. The zero-order valence-electron chi connectivity index (χ0n) is 13.4. The Morgan fingerprint density at radius 3 is 2.36 bits per heavy atom. The highest BCUT2D eigenvalue weighted by atomic mass is 16.6. The molecule has 8 nitrogen and oxygen atoms in total. The molecular formula is C17H16N6O2. The fourth-order valence-corrected chi connectivity index (χ4v) is 2.25. The predicted molar refractivity (Wildman–Crippen MR) is 96.8 cm³/mol. The molecule has 1 aromatic heterocycles. The van der Waals surface area contributed by atoms with Gasteiger partial charge in [-0.05, 0) is 36.8 Å². The molecule has 0 saturated carbocycles. The molecule has 0 unspecified atom stereocenters. The number of rotatable bonds is 6.